The van der Waals surface area contributed by atoms with Gasteiger partial charge in [0.15, 0.2) is 0 Å². The lowest BCUT2D eigenvalue weighted by atomic mass is 9.99. The van der Waals surface area contributed by atoms with Crippen LogP contribution in [0.25, 0.3) is 0 Å². The van der Waals surface area contributed by atoms with Crippen molar-refractivity contribution in [1.29, 1.82) is 0 Å². The molecule has 2 heterocycles. The van der Waals surface area contributed by atoms with Crippen LogP contribution in [0.2, 0.25) is 0 Å². The molecule has 0 spiro atoms. The molecule has 3 rings (SSSR count). The standard InChI is InChI=1S/C22H35N3O2/c1-17(2)16-24-11-13-25(14-12-24)22(27)18-8-9-20-19(15-18)21(26)7-5-4-6-10-23(20)3/h8-9,15,17,21,26H,4-7,10-14,16H2,1-3H3. The molecule has 0 bridgehead atoms. The van der Waals surface area contributed by atoms with Gasteiger partial charge in [0.1, 0.15) is 0 Å². The Hall–Kier alpha value is -1.59. The van der Waals surface area contributed by atoms with Crippen LogP contribution in [0.3, 0.4) is 0 Å². The number of fused-ring (bicyclic) bond motifs is 1. The normalized spacial score (nSPS) is 22.2. The predicted octanol–water partition coefficient (Wildman–Crippen LogP) is 3.14. The molecule has 1 unspecified atom stereocenters. The Labute approximate surface area is 163 Å². The molecule has 0 aliphatic carbocycles. The van der Waals surface area contributed by atoms with Crippen molar-refractivity contribution >= 4 is 11.6 Å². The molecule has 5 heteroatoms. The predicted molar refractivity (Wildman–Crippen MR) is 110 cm³/mol. The minimum absolute atomic E-state index is 0.0942. The number of aliphatic hydroxyl groups excluding tert-OH is 1. The maximum Gasteiger partial charge on any atom is 0.253 e. The van der Waals surface area contributed by atoms with E-state index in [1.54, 1.807) is 0 Å². The highest BCUT2D eigenvalue weighted by Crippen LogP contribution is 2.32. The van der Waals surface area contributed by atoms with Crippen LogP contribution < -0.4 is 4.90 Å². The van der Waals surface area contributed by atoms with Crippen LogP contribution in [0.5, 0.6) is 0 Å². The Morgan fingerprint density at radius 2 is 1.85 bits per heavy atom. The van der Waals surface area contributed by atoms with Gasteiger partial charge in [-0.05, 0) is 37.0 Å². The van der Waals surface area contributed by atoms with Gasteiger partial charge in [0, 0.05) is 63.1 Å². The molecular formula is C22H35N3O2. The van der Waals surface area contributed by atoms with Crippen molar-refractivity contribution in [2.75, 3.05) is 51.2 Å². The summed E-state index contributed by atoms with van der Waals surface area (Å²) in [4.78, 5) is 19.7. The molecule has 0 saturated carbocycles. The summed E-state index contributed by atoms with van der Waals surface area (Å²) in [5, 5.41) is 10.7. The van der Waals surface area contributed by atoms with Gasteiger partial charge >= 0.3 is 0 Å². The summed E-state index contributed by atoms with van der Waals surface area (Å²) < 4.78 is 0. The first-order valence-electron chi connectivity index (χ1n) is 10.5. The van der Waals surface area contributed by atoms with E-state index in [9.17, 15) is 9.90 Å². The number of hydrogen-bond donors (Lipinski definition) is 1. The summed E-state index contributed by atoms with van der Waals surface area (Å²) in [6, 6.07) is 5.89. The molecule has 2 aliphatic heterocycles. The quantitative estimate of drug-likeness (QED) is 0.884. The number of hydrogen-bond acceptors (Lipinski definition) is 4. The number of aliphatic hydroxyl groups is 1. The Morgan fingerprint density at radius 3 is 2.56 bits per heavy atom. The van der Waals surface area contributed by atoms with E-state index >= 15 is 0 Å². The molecule has 2 aliphatic rings. The van der Waals surface area contributed by atoms with Gasteiger partial charge in [-0.15, -0.1) is 0 Å². The fraction of sp³-hybridized carbons (Fsp3) is 0.682. The first-order valence-corrected chi connectivity index (χ1v) is 10.5. The van der Waals surface area contributed by atoms with E-state index in [0.717, 1.165) is 76.2 Å². The van der Waals surface area contributed by atoms with Crippen LogP contribution >= 0.6 is 0 Å². The second-order valence-corrected chi connectivity index (χ2v) is 8.55. The summed E-state index contributed by atoms with van der Waals surface area (Å²) >= 11 is 0. The second-order valence-electron chi connectivity index (χ2n) is 8.55. The van der Waals surface area contributed by atoms with E-state index in [4.69, 9.17) is 0 Å². The average Bonchev–Trinajstić information content (AvgIpc) is 2.72. The summed E-state index contributed by atoms with van der Waals surface area (Å²) in [6.07, 6.45) is 3.60. The van der Waals surface area contributed by atoms with Gasteiger partial charge in [-0.3, -0.25) is 9.69 Å². The molecule has 5 nitrogen and oxygen atoms in total. The first kappa shape index (κ1) is 20.2. The van der Waals surface area contributed by atoms with E-state index in [-0.39, 0.29) is 5.91 Å². The maximum atomic E-state index is 13.0. The topological polar surface area (TPSA) is 47.0 Å². The molecule has 1 saturated heterocycles. The third kappa shape index (κ3) is 5.02. The number of carbonyl (C=O) groups excluding carboxylic acids is 1. The number of anilines is 1. The summed E-state index contributed by atoms with van der Waals surface area (Å²) in [5.41, 5.74) is 2.67. The van der Waals surface area contributed by atoms with Gasteiger partial charge in [-0.2, -0.15) is 0 Å². The zero-order valence-electron chi connectivity index (χ0n) is 17.2. The van der Waals surface area contributed by atoms with Crippen LogP contribution in [0.1, 0.15) is 61.6 Å². The second kappa shape index (κ2) is 9.07. The smallest absolute Gasteiger partial charge is 0.253 e. The lowest BCUT2D eigenvalue weighted by Crippen LogP contribution is -2.49. The van der Waals surface area contributed by atoms with E-state index in [0.29, 0.717) is 11.5 Å². The molecule has 1 N–H and O–H groups in total. The highest BCUT2D eigenvalue weighted by molar-refractivity contribution is 5.95. The van der Waals surface area contributed by atoms with Gasteiger partial charge in [0.2, 0.25) is 0 Å². The molecule has 150 valence electrons. The summed E-state index contributed by atoms with van der Waals surface area (Å²) in [6.45, 7) is 10.0. The van der Waals surface area contributed by atoms with Crippen molar-refractivity contribution < 1.29 is 9.90 Å². The maximum absolute atomic E-state index is 13.0. The summed E-state index contributed by atoms with van der Waals surface area (Å²) in [7, 11) is 2.08. The molecule has 27 heavy (non-hydrogen) atoms. The SMILES string of the molecule is CC(C)CN1CCN(C(=O)c2ccc3c(c2)C(O)CCCCCN3C)CC1. The number of carbonyl (C=O) groups is 1. The Kier molecular flexibility index (Phi) is 6.77. The lowest BCUT2D eigenvalue weighted by Gasteiger charge is -2.35. The number of benzene rings is 1. The third-order valence-electron chi connectivity index (χ3n) is 5.80. The number of piperazine rings is 1. The van der Waals surface area contributed by atoms with Gasteiger partial charge in [0.25, 0.3) is 5.91 Å². The van der Waals surface area contributed by atoms with Crippen molar-refractivity contribution in [1.82, 2.24) is 9.80 Å². The van der Waals surface area contributed by atoms with Crippen molar-refractivity contribution in [3.8, 4) is 0 Å². The molecule has 1 amide bonds. The Morgan fingerprint density at radius 1 is 1.11 bits per heavy atom. The van der Waals surface area contributed by atoms with Gasteiger partial charge < -0.3 is 14.9 Å². The van der Waals surface area contributed by atoms with Crippen LogP contribution in [-0.2, 0) is 0 Å². The zero-order valence-corrected chi connectivity index (χ0v) is 17.2. The minimum atomic E-state index is -0.490. The van der Waals surface area contributed by atoms with Crippen LogP contribution in [0.15, 0.2) is 18.2 Å². The monoisotopic (exact) mass is 373 g/mol. The first-order chi connectivity index (χ1) is 13.0. The molecule has 1 fully saturated rings. The van der Waals surface area contributed by atoms with Gasteiger partial charge in [0.05, 0.1) is 6.10 Å². The van der Waals surface area contributed by atoms with E-state index in [2.05, 4.69) is 30.7 Å². The molecule has 1 atom stereocenters. The van der Waals surface area contributed by atoms with Crippen molar-refractivity contribution in [2.45, 2.75) is 45.6 Å². The van der Waals surface area contributed by atoms with Crippen LogP contribution in [-0.4, -0.2) is 67.1 Å². The van der Waals surface area contributed by atoms with E-state index in [1.165, 1.54) is 0 Å². The van der Waals surface area contributed by atoms with E-state index < -0.39 is 6.10 Å². The molecular weight excluding hydrogens is 338 g/mol. The summed E-state index contributed by atoms with van der Waals surface area (Å²) in [5.74, 6) is 0.750. The van der Waals surface area contributed by atoms with Gasteiger partial charge in [-0.25, -0.2) is 0 Å². The van der Waals surface area contributed by atoms with Crippen LogP contribution in [0.4, 0.5) is 5.69 Å². The number of nitrogens with zero attached hydrogens (tertiary/aromatic N) is 3. The van der Waals surface area contributed by atoms with Crippen LogP contribution in [0, 0.1) is 5.92 Å². The fourth-order valence-electron chi connectivity index (χ4n) is 4.27. The Bertz CT molecular complexity index is 638. The number of amides is 1. The van der Waals surface area contributed by atoms with Crippen molar-refractivity contribution in [3.63, 3.8) is 0 Å². The minimum Gasteiger partial charge on any atom is -0.388 e. The third-order valence-corrected chi connectivity index (χ3v) is 5.80. The van der Waals surface area contributed by atoms with Gasteiger partial charge in [-0.1, -0.05) is 26.7 Å². The zero-order chi connectivity index (χ0) is 19.4. The van der Waals surface area contributed by atoms with Crippen molar-refractivity contribution in [2.24, 2.45) is 5.92 Å². The number of rotatable bonds is 3. The average molecular weight is 374 g/mol. The highest BCUT2D eigenvalue weighted by atomic mass is 16.3. The molecule has 0 aromatic heterocycles. The largest absolute Gasteiger partial charge is 0.388 e. The Balaban J connectivity index is 1.73. The van der Waals surface area contributed by atoms with Crippen molar-refractivity contribution in [3.05, 3.63) is 29.3 Å². The lowest BCUT2D eigenvalue weighted by molar-refractivity contribution is 0.0623. The molecule has 1 aromatic rings. The molecule has 0 radical (unpaired) electrons. The van der Waals surface area contributed by atoms with E-state index in [1.807, 2.05) is 23.1 Å². The fourth-order valence-corrected chi connectivity index (χ4v) is 4.27. The molecule has 1 aromatic carbocycles. The highest BCUT2D eigenvalue weighted by Gasteiger charge is 2.24.